The number of ether oxygens (including phenoxy) is 2. The lowest BCUT2D eigenvalue weighted by Crippen LogP contribution is -2.68. The molecule has 0 heterocycles. The lowest BCUT2D eigenvalue weighted by Gasteiger charge is -2.48. The molecule has 0 aromatic heterocycles. The second-order valence-corrected chi connectivity index (χ2v) is 12.8. The fourth-order valence-electron chi connectivity index (χ4n) is 7.41. The number of Topliss-reactive ketones (excluding diaryl/α,β-unsaturated/α-hetero) is 1. The van der Waals surface area contributed by atoms with Crippen LogP contribution in [0.1, 0.15) is 67.7 Å². The van der Waals surface area contributed by atoms with E-state index in [4.69, 9.17) is 15.2 Å². The molecular formula is C29H43NO8. The zero-order chi connectivity index (χ0) is 28.6. The minimum atomic E-state index is -2.39. The van der Waals surface area contributed by atoms with Gasteiger partial charge in [-0.3, -0.25) is 14.4 Å². The number of aliphatic hydroxyl groups excluding tert-OH is 2. The molecule has 4 rings (SSSR count). The Bertz CT molecular complexity index is 1090. The number of carbonyl (C=O) groups excluding carboxylic acids is 3. The number of carbonyl (C=O) groups is 3. The molecule has 2 saturated carbocycles. The number of allylic oxidation sites excluding steroid dienone is 1. The first-order valence-corrected chi connectivity index (χ1v) is 13.7. The molecule has 0 saturated heterocycles. The maximum absolute atomic E-state index is 14.5. The van der Waals surface area contributed by atoms with Crippen molar-refractivity contribution in [2.24, 2.45) is 40.2 Å². The van der Waals surface area contributed by atoms with Gasteiger partial charge in [0.2, 0.25) is 0 Å². The van der Waals surface area contributed by atoms with Gasteiger partial charge in [-0.25, -0.2) is 0 Å². The predicted molar refractivity (Wildman–Crippen MR) is 138 cm³/mol. The summed E-state index contributed by atoms with van der Waals surface area (Å²) in [5.74, 6) is -3.05. The SMILES string of the molecule is CCCC(=O)O[C@@]12C[C@@H](N)[C@]34C=C(C)[C@H](O)[C@@]3(O)[C@H](O)C(COC(=O)C(C)C(C)C)=C[C@H](C4=O)[C@@H]1C2(C)C. The van der Waals surface area contributed by atoms with Gasteiger partial charge in [0.05, 0.1) is 11.3 Å². The molecule has 4 aliphatic rings. The fourth-order valence-corrected chi connectivity index (χ4v) is 7.41. The summed E-state index contributed by atoms with van der Waals surface area (Å²) in [4.78, 5) is 39.9. The second kappa shape index (κ2) is 9.25. The minimum absolute atomic E-state index is 0.0273. The Labute approximate surface area is 224 Å². The third-order valence-electron chi connectivity index (χ3n) is 10.1. The average molecular weight is 534 g/mol. The van der Waals surface area contributed by atoms with E-state index >= 15 is 0 Å². The van der Waals surface area contributed by atoms with Crippen molar-refractivity contribution in [2.45, 2.75) is 97.2 Å². The van der Waals surface area contributed by atoms with Crippen molar-refractivity contribution in [1.82, 2.24) is 0 Å². The van der Waals surface area contributed by atoms with Crippen LogP contribution in [0.15, 0.2) is 23.3 Å². The summed E-state index contributed by atoms with van der Waals surface area (Å²) < 4.78 is 11.6. The topological polar surface area (TPSA) is 156 Å². The maximum atomic E-state index is 14.5. The van der Waals surface area contributed by atoms with Crippen LogP contribution in [0.5, 0.6) is 0 Å². The van der Waals surface area contributed by atoms with E-state index in [2.05, 4.69) is 0 Å². The zero-order valence-corrected chi connectivity index (χ0v) is 23.5. The van der Waals surface area contributed by atoms with Gasteiger partial charge in [-0.2, -0.15) is 0 Å². The molecule has 212 valence electrons. The number of aliphatic hydroxyl groups is 3. The van der Waals surface area contributed by atoms with Crippen molar-refractivity contribution < 1.29 is 39.2 Å². The van der Waals surface area contributed by atoms with Crippen LogP contribution in [0.4, 0.5) is 0 Å². The Hall–Kier alpha value is -2.07. The number of fused-ring (bicyclic) bond motifs is 3. The average Bonchev–Trinajstić information content (AvgIpc) is 3.25. The minimum Gasteiger partial charge on any atom is -0.461 e. The largest absolute Gasteiger partial charge is 0.461 e. The van der Waals surface area contributed by atoms with Gasteiger partial charge in [0.1, 0.15) is 30.0 Å². The highest BCUT2D eigenvalue weighted by Gasteiger charge is 2.83. The summed E-state index contributed by atoms with van der Waals surface area (Å²) in [6, 6.07) is -1.07. The quantitative estimate of drug-likeness (QED) is 0.283. The Morgan fingerprint density at radius 1 is 1.18 bits per heavy atom. The fraction of sp³-hybridized carbons (Fsp3) is 0.759. The highest BCUT2D eigenvalue weighted by atomic mass is 16.6. The van der Waals surface area contributed by atoms with Crippen LogP contribution in [0, 0.1) is 34.5 Å². The normalized spacial score (nSPS) is 41.7. The Kier molecular flexibility index (Phi) is 7.04. The third kappa shape index (κ3) is 3.61. The molecule has 1 unspecified atom stereocenters. The maximum Gasteiger partial charge on any atom is 0.309 e. The van der Waals surface area contributed by atoms with E-state index in [0.29, 0.717) is 12.0 Å². The molecule has 0 amide bonds. The molecule has 0 aliphatic heterocycles. The van der Waals surface area contributed by atoms with Crippen molar-refractivity contribution in [3.8, 4) is 0 Å². The molecule has 9 nitrogen and oxygen atoms in total. The molecule has 0 aromatic rings. The number of nitrogens with two attached hydrogens (primary N) is 1. The number of ketones is 1. The monoisotopic (exact) mass is 533 g/mol. The molecule has 9 atom stereocenters. The summed E-state index contributed by atoms with van der Waals surface area (Å²) in [7, 11) is 0. The van der Waals surface area contributed by atoms with Crippen LogP contribution in [-0.4, -0.2) is 69.1 Å². The highest BCUT2D eigenvalue weighted by Crippen LogP contribution is 2.74. The van der Waals surface area contributed by atoms with Crippen molar-refractivity contribution in [2.75, 3.05) is 6.61 Å². The molecule has 2 bridgehead atoms. The Balaban J connectivity index is 1.85. The molecule has 2 fully saturated rings. The number of rotatable bonds is 7. The number of hydrogen-bond donors (Lipinski definition) is 4. The first-order valence-electron chi connectivity index (χ1n) is 13.7. The van der Waals surface area contributed by atoms with Gasteiger partial charge in [0.15, 0.2) is 5.78 Å². The first-order chi connectivity index (χ1) is 17.5. The molecule has 5 N–H and O–H groups in total. The van der Waals surface area contributed by atoms with Crippen LogP contribution in [0.3, 0.4) is 0 Å². The molecule has 9 heteroatoms. The summed E-state index contributed by atoms with van der Waals surface area (Å²) >= 11 is 0. The van der Waals surface area contributed by atoms with E-state index < -0.39 is 69.8 Å². The van der Waals surface area contributed by atoms with Crippen molar-refractivity contribution in [3.05, 3.63) is 23.3 Å². The number of esters is 2. The van der Waals surface area contributed by atoms with Crippen molar-refractivity contribution in [1.29, 1.82) is 0 Å². The van der Waals surface area contributed by atoms with Gasteiger partial charge >= 0.3 is 11.9 Å². The van der Waals surface area contributed by atoms with E-state index in [1.54, 1.807) is 19.9 Å². The van der Waals surface area contributed by atoms with Crippen LogP contribution >= 0.6 is 0 Å². The summed E-state index contributed by atoms with van der Waals surface area (Å²) in [5, 5.41) is 34.9. The van der Waals surface area contributed by atoms with E-state index in [9.17, 15) is 29.7 Å². The van der Waals surface area contributed by atoms with Gasteiger partial charge < -0.3 is 30.5 Å². The second-order valence-electron chi connectivity index (χ2n) is 12.8. The van der Waals surface area contributed by atoms with E-state index in [1.807, 2.05) is 34.6 Å². The summed E-state index contributed by atoms with van der Waals surface area (Å²) in [6.45, 7) is 12.5. The summed E-state index contributed by atoms with van der Waals surface area (Å²) in [6.07, 6.45) is 0.624. The van der Waals surface area contributed by atoms with Crippen LogP contribution in [-0.2, 0) is 23.9 Å². The van der Waals surface area contributed by atoms with Crippen molar-refractivity contribution in [3.63, 3.8) is 0 Å². The van der Waals surface area contributed by atoms with Gasteiger partial charge in [-0.05, 0) is 30.4 Å². The standard InChI is InChI=1S/C29H43NO8/c1-8-9-20(31)38-28-12-19(30)27-11-15(4)22(32)29(27,36)23(33)17(13-37-25(35)16(5)14(2)3)10-18(24(27)34)21(28)26(28,6)7/h10-11,14,16,18-19,21-23,32-33,36H,8-9,12-13,30H2,1-7H3/t16?,18-,19+,21+,22-,23+,27-,28-,29+/m0/s1. The Morgan fingerprint density at radius 3 is 2.39 bits per heavy atom. The first kappa shape index (κ1) is 28.9. The lowest BCUT2D eigenvalue weighted by molar-refractivity contribution is -0.186. The van der Waals surface area contributed by atoms with Gasteiger partial charge in [-0.15, -0.1) is 0 Å². The van der Waals surface area contributed by atoms with Crippen molar-refractivity contribution >= 4 is 17.7 Å². The number of hydrogen-bond acceptors (Lipinski definition) is 9. The summed E-state index contributed by atoms with van der Waals surface area (Å²) in [5.41, 5.74) is 1.28. The Morgan fingerprint density at radius 2 is 1.82 bits per heavy atom. The smallest absolute Gasteiger partial charge is 0.309 e. The molecular weight excluding hydrogens is 490 g/mol. The zero-order valence-electron chi connectivity index (χ0n) is 23.5. The molecule has 4 aliphatic carbocycles. The van der Waals surface area contributed by atoms with E-state index in [-0.39, 0.29) is 36.9 Å². The van der Waals surface area contributed by atoms with E-state index in [1.165, 1.54) is 6.08 Å². The molecule has 0 radical (unpaired) electrons. The molecule has 38 heavy (non-hydrogen) atoms. The molecule has 1 spiro atoms. The van der Waals surface area contributed by atoms with Gasteiger partial charge in [0.25, 0.3) is 0 Å². The third-order valence-corrected chi connectivity index (χ3v) is 10.1. The van der Waals surface area contributed by atoms with Gasteiger partial charge in [-0.1, -0.05) is 53.7 Å². The molecule has 0 aromatic carbocycles. The van der Waals surface area contributed by atoms with Crippen LogP contribution < -0.4 is 5.73 Å². The van der Waals surface area contributed by atoms with Crippen LogP contribution in [0.2, 0.25) is 0 Å². The predicted octanol–water partition coefficient (Wildman–Crippen LogP) is 1.82. The lowest BCUT2D eigenvalue weighted by atomic mass is 9.61. The van der Waals surface area contributed by atoms with E-state index in [0.717, 1.165) is 0 Å². The van der Waals surface area contributed by atoms with Crippen LogP contribution in [0.25, 0.3) is 0 Å². The van der Waals surface area contributed by atoms with Gasteiger partial charge in [0, 0.05) is 36.1 Å². The highest BCUT2D eigenvalue weighted by molar-refractivity contribution is 5.96.